The summed E-state index contributed by atoms with van der Waals surface area (Å²) in [6.45, 7) is 3.18. The fourth-order valence-electron chi connectivity index (χ4n) is 3.75. The van der Waals surface area contributed by atoms with E-state index in [2.05, 4.69) is 6.92 Å². The maximum Gasteiger partial charge on any atom is 0.254 e. The molecule has 0 N–H and O–H groups in total. The van der Waals surface area contributed by atoms with Crippen molar-refractivity contribution in [2.75, 3.05) is 18.1 Å². The summed E-state index contributed by atoms with van der Waals surface area (Å²) in [5.41, 5.74) is 1.44. The van der Waals surface area contributed by atoms with Gasteiger partial charge in [0.1, 0.15) is 5.75 Å². The van der Waals surface area contributed by atoms with Gasteiger partial charge in [-0.2, -0.15) is 0 Å². The third-order valence-corrected chi connectivity index (χ3v) is 7.55. The van der Waals surface area contributed by atoms with Gasteiger partial charge in [0.15, 0.2) is 9.84 Å². The van der Waals surface area contributed by atoms with Gasteiger partial charge in [0.05, 0.1) is 18.1 Å². The summed E-state index contributed by atoms with van der Waals surface area (Å²) in [6.07, 6.45) is 5.01. The van der Waals surface area contributed by atoms with Crippen molar-refractivity contribution in [1.29, 1.82) is 0 Å². The van der Waals surface area contributed by atoms with Crippen LogP contribution in [0.4, 0.5) is 0 Å². The zero-order chi connectivity index (χ0) is 22.3. The lowest BCUT2D eigenvalue weighted by molar-refractivity contribution is 0.0681. The van der Waals surface area contributed by atoms with E-state index in [4.69, 9.17) is 16.3 Å². The number of halogens is 1. The van der Waals surface area contributed by atoms with E-state index < -0.39 is 9.84 Å². The lowest BCUT2D eigenvalue weighted by atomic mass is 10.1. The molecule has 3 rings (SSSR count). The summed E-state index contributed by atoms with van der Waals surface area (Å²) in [4.78, 5) is 15.0. The number of sulfone groups is 1. The number of ether oxygens (including phenoxy) is 1. The minimum absolute atomic E-state index is 0.00524. The Bertz CT molecular complexity index is 958. The summed E-state index contributed by atoms with van der Waals surface area (Å²) in [5, 5.41) is 0.621. The van der Waals surface area contributed by atoms with Gasteiger partial charge in [0, 0.05) is 23.2 Å². The molecule has 1 aliphatic heterocycles. The van der Waals surface area contributed by atoms with Gasteiger partial charge in [-0.05, 0) is 54.8 Å². The molecule has 7 heteroatoms. The van der Waals surface area contributed by atoms with Crippen LogP contribution in [0.3, 0.4) is 0 Å². The van der Waals surface area contributed by atoms with Gasteiger partial charge < -0.3 is 9.64 Å². The smallest absolute Gasteiger partial charge is 0.254 e. The molecule has 0 aliphatic carbocycles. The molecule has 1 fully saturated rings. The van der Waals surface area contributed by atoms with Crippen LogP contribution in [0, 0.1) is 0 Å². The summed E-state index contributed by atoms with van der Waals surface area (Å²) in [7, 11) is -3.11. The van der Waals surface area contributed by atoms with Crippen molar-refractivity contribution in [3.63, 3.8) is 0 Å². The summed E-state index contributed by atoms with van der Waals surface area (Å²) in [6, 6.07) is 14.1. The summed E-state index contributed by atoms with van der Waals surface area (Å²) in [5.74, 6) is 0.685. The lowest BCUT2D eigenvalue weighted by Crippen LogP contribution is -2.40. The van der Waals surface area contributed by atoms with Gasteiger partial charge in [-0.25, -0.2) is 8.42 Å². The third-order valence-electron chi connectivity index (χ3n) is 5.54. The van der Waals surface area contributed by atoms with E-state index >= 15 is 0 Å². The highest BCUT2D eigenvalue weighted by Gasteiger charge is 2.35. The van der Waals surface area contributed by atoms with E-state index in [9.17, 15) is 13.2 Å². The fourth-order valence-corrected chi connectivity index (χ4v) is 5.61. The first-order valence-electron chi connectivity index (χ1n) is 10.9. The largest absolute Gasteiger partial charge is 0.494 e. The Hall–Kier alpha value is -2.05. The fraction of sp³-hybridized carbons (Fsp3) is 0.458. The first-order valence-corrected chi connectivity index (χ1v) is 13.1. The number of unbranched alkanes of at least 4 members (excludes halogenated alkanes) is 3. The van der Waals surface area contributed by atoms with Gasteiger partial charge in [-0.15, -0.1) is 0 Å². The SMILES string of the molecule is CCCCCCOc1ccc(C(=O)N(Cc2ccc(Cl)cc2)C2CCS(=O)(=O)C2)cc1. The highest BCUT2D eigenvalue weighted by atomic mass is 35.5. The Balaban J connectivity index is 1.70. The maximum atomic E-state index is 13.3. The molecule has 1 atom stereocenters. The van der Waals surface area contributed by atoms with E-state index in [1.54, 1.807) is 41.3 Å². The number of hydrogen-bond donors (Lipinski definition) is 0. The summed E-state index contributed by atoms with van der Waals surface area (Å²) < 4.78 is 29.8. The molecular formula is C24H30ClNO4S. The van der Waals surface area contributed by atoms with Gasteiger partial charge >= 0.3 is 0 Å². The van der Waals surface area contributed by atoms with Crippen LogP contribution in [0.25, 0.3) is 0 Å². The molecule has 0 aromatic heterocycles. The van der Waals surface area contributed by atoms with Gasteiger partial charge in [0.25, 0.3) is 5.91 Å². The number of hydrogen-bond acceptors (Lipinski definition) is 4. The van der Waals surface area contributed by atoms with Crippen LogP contribution in [0.15, 0.2) is 48.5 Å². The normalized spacial score (nSPS) is 17.4. The van der Waals surface area contributed by atoms with Crippen LogP contribution in [0.5, 0.6) is 5.75 Å². The van der Waals surface area contributed by atoms with E-state index in [0.29, 0.717) is 30.2 Å². The van der Waals surface area contributed by atoms with E-state index in [0.717, 1.165) is 24.2 Å². The number of carbonyl (C=O) groups is 1. The molecular weight excluding hydrogens is 434 g/mol. The van der Waals surface area contributed by atoms with Gasteiger partial charge in [-0.3, -0.25) is 4.79 Å². The van der Waals surface area contributed by atoms with Crippen molar-refractivity contribution in [1.82, 2.24) is 4.90 Å². The van der Waals surface area contributed by atoms with Gasteiger partial charge in [-0.1, -0.05) is 49.9 Å². The molecule has 1 heterocycles. The number of benzene rings is 2. The van der Waals surface area contributed by atoms with Crippen LogP contribution < -0.4 is 4.74 Å². The standard InChI is InChI=1S/C24H30ClNO4S/c1-2-3-4-5-15-30-23-12-8-20(9-13-23)24(27)26(22-14-16-31(28,29)18-22)17-19-6-10-21(25)11-7-19/h6-13,22H,2-5,14-18H2,1H3. The molecule has 1 unspecified atom stereocenters. The second-order valence-electron chi connectivity index (χ2n) is 8.05. The minimum Gasteiger partial charge on any atom is -0.494 e. The van der Waals surface area contributed by atoms with Crippen molar-refractivity contribution in [3.8, 4) is 5.75 Å². The third kappa shape index (κ3) is 6.97. The Morgan fingerprint density at radius 3 is 2.39 bits per heavy atom. The number of nitrogens with zero attached hydrogens (tertiary/aromatic N) is 1. The Morgan fingerprint density at radius 1 is 1.06 bits per heavy atom. The van der Waals surface area contributed by atoms with Crippen molar-refractivity contribution in [2.24, 2.45) is 0 Å². The molecule has 1 saturated heterocycles. The highest BCUT2D eigenvalue weighted by molar-refractivity contribution is 7.91. The van der Waals surface area contributed by atoms with E-state index in [1.807, 2.05) is 12.1 Å². The Morgan fingerprint density at radius 2 is 1.77 bits per heavy atom. The minimum atomic E-state index is -3.11. The Kier molecular flexibility index (Phi) is 8.38. The van der Waals surface area contributed by atoms with Crippen LogP contribution in [-0.4, -0.2) is 43.4 Å². The van der Waals surface area contributed by atoms with Crippen molar-refractivity contribution < 1.29 is 17.9 Å². The Labute approximate surface area is 190 Å². The molecule has 1 amide bonds. The zero-order valence-corrected chi connectivity index (χ0v) is 19.5. The molecule has 2 aromatic rings. The molecule has 1 aliphatic rings. The maximum absolute atomic E-state index is 13.3. The van der Waals surface area contributed by atoms with Crippen molar-refractivity contribution in [2.45, 2.75) is 51.6 Å². The van der Waals surface area contributed by atoms with Crippen LogP contribution in [0.1, 0.15) is 54.9 Å². The number of carbonyl (C=O) groups excluding carboxylic acids is 1. The second-order valence-corrected chi connectivity index (χ2v) is 10.7. The first kappa shape index (κ1) is 23.6. The topological polar surface area (TPSA) is 63.7 Å². The monoisotopic (exact) mass is 463 g/mol. The molecule has 0 radical (unpaired) electrons. The molecule has 168 valence electrons. The highest BCUT2D eigenvalue weighted by Crippen LogP contribution is 2.24. The zero-order valence-electron chi connectivity index (χ0n) is 17.9. The van der Waals surface area contributed by atoms with Crippen LogP contribution in [0.2, 0.25) is 5.02 Å². The second kappa shape index (κ2) is 11.0. The molecule has 2 aromatic carbocycles. The predicted octanol–water partition coefficient (Wildman–Crippen LogP) is 5.13. The van der Waals surface area contributed by atoms with E-state index in [-0.39, 0.29) is 23.5 Å². The quantitative estimate of drug-likeness (QED) is 0.458. The first-order chi connectivity index (χ1) is 14.9. The summed E-state index contributed by atoms with van der Waals surface area (Å²) >= 11 is 5.98. The molecule has 0 saturated carbocycles. The van der Waals surface area contributed by atoms with Crippen molar-refractivity contribution >= 4 is 27.3 Å². The van der Waals surface area contributed by atoms with E-state index in [1.165, 1.54) is 12.8 Å². The molecule has 5 nitrogen and oxygen atoms in total. The van der Waals surface area contributed by atoms with Gasteiger partial charge in [0.2, 0.25) is 0 Å². The molecule has 31 heavy (non-hydrogen) atoms. The van der Waals surface area contributed by atoms with Crippen molar-refractivity contribution in [3.05, 3.63) is 64.7 Å². The number of rotatable bonds is 10. The molecule has 0 spiro atoms. The lowest BCUT2D eigenvalue weighted by Gasteiger charge is -2.28. The predicted molar refractivity (Wildman–Crippen MR) is 124 cm³/mol. The van der Waals surface area contributed by atoms with Crippen LogP contribution in [-0.2, 0) is 16.4 Å². The van der Waals surface area contributed by atoms with Crippen LogP contribution >= 0.6 is 11.6 Å². The average Bonchev–Trinajstić information content (AvgIpc) is 3.12. The average molecular weight is 464 g/mol. The molecule has 0 bridgehead atoms. The number of amides is 1.